The Kier molecular flexibility index (Phi) is 4.44. The van der Waals surface area contributed by atoms with Crippen LogP contribution in [0.25, 0.3) is 33.3 Å². The van der Waals surface area contributed by atoms with Gasteiger partial charge in [0, 0.05) is 34.2 Å². The van der Waals surface area contributed by atoms with E-state index < -0.39 is 0 Å². The molecule has 6 heteroatoms. The van der Waals surface area contributed by atoms with Crippen molar-refractivity contribution in [3.8, 4) is 17.1 Å². The molecule has 2 aromatic heterocycles. The lowest BCUT2D eigenvalue weighted by Gasteiger charge is -2.09. The van der Waals surface area contributed by atoms with Crippen molar-refractivity contribution in [2.75, 3.05) is 7.11 Å². The highest BCUT2D eigenvalue weighted by atomic mass is 79.9. The predicted molar refractivity (Wildman–Crippen MR) is 122 cm³/mol. The Balaban J connectivity index is 1.83. The van der Waals surface area contributed by atoms with Crippen molar-refractivity contribution >= 4 is 43.8 Å². The summed E-state index contributed by atoms with van der Waals surface area (Å²) < 4.78 is 9.92. The van der Waals surface area contributed by atoms with Gasteiger partial charge in [-0.2, -0.15) is 0 Å². The molecule has 0 spiro atoms. The Morgan fingerprint density at radius 3 is 2.57 bits per heavy atom. The number of aromatic nitrogens is 3. The van der Waals surface area contributed by atoms with E-state index in [1.54, 1.807) is 11.7 Å². The first-order valence-electron chi connectivity index (χ1n) is 9.48. The molecule has 0 aliphatic carbocycles. The van der Waals surface area contributed by atoms with Gasteiger partial charge >= 0.3 is 0 Å². The number of benzene rings is 3. The number of nitrogens with zero attached hydrogens (tertiary/aromatic N) is 3. The third kappa shape index (κ3) is 2.83. The second kappa shape index (κ2) is 7.15. The Morgan fingerprint density at radius 2 is 1.77 bits per heavy atom. The first kappa shape index (κ1) is 18.6. The van der Waals surface area contributed by atoms with Crippen LogP contribution in [0.4, 0.5) is 0 Å². The van der Waals surface area contributed by atoms with Crippen LogP contribution in [0.1, 0.15) is 10.4 Å². The number of ether oxygens (including phenoxy) is 1. The Labute approximate surface area is 181 Å². The number of rotatable bonds is 3. The summed E-state index contributed by atoms with van der Waals surface area (Å²) in [6.45, 7) is 0. The van der Waals surface area contributed by atoms with Gasteiger partial charge in [-0.3, -0.25) is 9.36 Å². The number of imidazole rings is 1. The number of para-hydroxylation sites is 2. The standard InChI is InChI=1S/C24H18BrN3O2/c1-27-14-18(17-13-15(30-2)11-12-21(17)27)23-26-20-9-5-6-10-22(20)28(23)24(29)16-7-3-4-8-19(16)25/h3-14H,1-2H3. The minimum Gasteiger partial charge on any atom is -0.497 e. The molecule has 0 saturated heterocycles. The summed E-state index contributed by atoms with van der Waals surface area (Å²) in [5.41, 5.74) is 4.04. The van der Waals surface area contributed by atoms with Crippen LogP contribution >= 0.6 is 15.9 Å². The van der Waals surface area contributed by atoms with E-state index >= 15 is 0 Å². The van der Waals surface area contributed by atoms with Crippen molar-refractivity contribution in [1.29, 1.82) is 0 Å². The molecule has 0 unspecified atom stereocenters. The van der Waals surface area contributed by atoms with Crippen molar-refractivity contribution in [3.05, 3.63) is 83.0 Å². The minimum absolute atomic E-state index is 0.133. The largest absolute Gasteiger partial charge is 0.497 e. The lowest BCUT2D eigenvalue weighted by Crippen LogP contribution is -2.14. The molecule has 5 nitrogen and oxygen atoms in total. The lowest BCUT2D eigenvalue weighted by molar-refractivity contribution is 0.0965. The smallest absolute Gasteiger partial charge is 0.265 e. The van der Waals surface area contributed by atoms with Crippen molar-refractivity contribution in [1.82, 2.24) is 14.1 Å². The molecule has 0 N–H and O–H groups in total. The van der Waals surface area contributed by atoms with Crippen LogP contribution in [0.3, 0.4) is 0 Å². The number of hydrogen-bond donors (Lipinski definition) is 0. The van der Waals surface area contributed by atoms with Gasteiger partial charge in [0.2, 0.25) is 0 Å². The Hall–Kier alpha value is -3.38. The summed E-state index contributed by atoms with van der Waals surface area (Å²) in [7, 11) is 3.64. The summed E-state index contributed by atoms with van der Waals surface area (Å²) in [5, 5.41) is 0.980. The minimum atomic E-state index is -0.133. The van der Waals surface area contributed by atoms with E-state index in [4.69, 9.17) is 9.72 Å². The van der Waals surface area contributed by atoms with E-state index in [0.29, 0.717) is 11.4 Å². The molecule has 2 heterocycles. The molecule has 0 bridgehead atoms. The fourth-order valence-corrected chi connectivity index (χ4v) is 4.30. The van der Waals surface area contributed by atoms with Gasteiger partial charge in [-0.15, -0.1) is 0 Å². The van der Waals surface area contributed by atoms with E-state index in [1.165, 1.54) is 0 Å². The van der Waals surface area contributed by atoms with Gasteiger partial charge < -0.3 is 9.30 Å². The van der Waals surface area contributed by atoms with Crippen molar-refractivity contribution in [2.24, 2.45) is 7.05 Å². The fourth-order valence-electron chi connectivity index (χ4n) is 3.84. The molecule has 3 aromatic carbocycles. The third-order valence-corrected chi connectivity index (χ3v) is 6.00. The highest BCUT2D eigenvalue weighted by Gasteiger charge is 2.23. The average molecular weight is 460 g/mol. The number of methoxy groups -OCH3 is 1. The molecule has 0 atom stereocenters. The maximum atomic E-state index is 13.7. The monoisotopic (exact) mass is 459 g/mol. The topological polar surface area (TPSA) is 49.1 Å². The number of hydrogen-bond acceptors (Lipinski definition) is 3. The van der Waals surface area contributed by atoms with Crippen LogP contribution in [-0.4, -0.2) is 27.1 Å². The zero-order chi connectivity index (χ0) is 20.8. The number of aryl methyl sites for hydroxylation is 1. The van der Waals surface area contributed by atoms with Gasteiger partial charge in [0.05, 0.1) is 23.7 Å². The number of halogens is 1. The van der Waals surface area contributed by atoms with Crippen molar-refractivity contribution in [2.45, 2.75) is 0 Å². The molecular formula is C24H18BrN3O2. The normalized spacial score (nSPS) is 11.3. The molecule has 0 amide bonds. The highest BCUT2D eigenvalue weighted by molar-refractivity contribution is 9.10. The van der Waals surface area contributed by atoms with Crippen molar-refractivity contribution in [3.63, 3.8) is 0 Å². The van der Waals surface area contributed by atoms with Gasteiger partial charge in [0.25, 0.3) is 5.91 Å². The molecule has 30 heavy (non-hydrogen) atoms. The summed E-state index contributed by atoms with van der Waals surface area (Å²) in [6, 6.07) is 21.1. The molecule has 5 rings (SSSR count). The maximum absolute atomic E-state index is 13.7. The maximum Gasteiger partial charge on any atom is 0.265 e. The SMILES string of the molecule is COc1ccc2c(c1)c(-c1nc3ccccc3n1C(=O)c1ccccc1Br)cn2C. The molecule has 0 fully saturated rings. The molecule has 5 aromatic rings. The van der Waals surface area contributed by atoms with Gasteiger partial charge in [-0.05, 0) is 58.4 Å². The molecule has 148 valence electrons. The van der Waals surface area contributed by atoms with E-state index in [-0.39, 0.29) is 5.91 Å². The summed E-state index contributed by atoms with van der Waals surface area (Å²) in [4.78, 5) is 18.5. The molecule has 0 radical (unpaired) electrons. The van der Waals surface area contributed by atoms with Crippen LogP contribution in [0.5, 0.6) is 5.75 Å². The van der Waals surface area contributed by atoms with E-state index in [9.17, 15) is 4.79 Å². The van der Waals surface area contributed by atoms with E-state index in [2.05, 4.69) is 15.9 Å². The van der Waals surface area contributed by atoms with E-state index in [0.717, 1.165) is 37.7 Å². The predicted octanol–water partition coefficient (Wildman–Crippen LogP) is 5.65. The second-order valence-electron chi connectivity index (χ2n) is 7.08. The lowest BCUT2D eigenvalue weighted by atomic mass is 10.1. The van der Waals surface area contributed by atoms with Crippen LogP contribution in [0, 0.1) is 0 Å². The van der Waals surface area contributed by atoms with Gasteiger partial charge in [0.15, 0.2) is 0 Å². The zero-order valence-electron chi connectivity index (χ0n) is 16.5. The quantitative estimate of drug-likeness (QED) is 0.350. The number of carbonyl (C=O) groups is 1. The Morgan fingerprint density at radius 1 is 1.00 bits per heavy atom. The molecule has 0 aliphatic heterocycles. The summed E-state index contributed by atoms with van der Waals surface area (Å²) >= 11 is 3.51. The van der Waals surface area contributed by atoms with Gasteiger partial charge in [-0.25, -0.2) is 4.98 Å². The number of fused-ring (bicyclic) bond motifs is 2. The third-order valence-electron chi connectivity index (χ3n) is 5.31. The fraction of sp³-hybridized carbons (Fsp3) is 0.0833. The molecular weight excluding hydrogens is 442 g/mol. The average Bonchev–Trinajstić information content (AvgIpc) is 3.31. The van der Waals surface area contributed by atoms with Crippen LogP contribution in [-0.2, 0) is 7.05 Å². The molecule has 0 saturated carbocycles. The van der Waals surface area contributed by atoms with Crippen LogP contribution < -0.4 is 4.74 Å². The first-order chi connectivity index (χ1) is 14.6. The Bertz CT molecular complexity index is 1430. The molecule has 0 aliphatic rings. The second-order valence-corrected chi connectivity index (χ2v) is 7.94. The van der Waals surface area contributed by atoms with Gasteiger partial charge in [-0.1, -0.05) is 24.3 Å². The summed E-state index contributed by atoms with van der Waals surface area (Å²) in [6.07, 6.45) is 2.01. The van der Waals surface area contributed by atoms with Crippen molar-refractivity contribution < 1.29 is 9.53 Å². The van der Waals surface area contributed by atoms with Gasteiger partial charge in [0.1, 0.15) is 11.6 Å². The van der Waals surface area contributed by atoms with Crippen LogP contribution in [0.2, 0.25) is 0 Å². The van der Waals surface area contributed by atoms with Crippen LogP contribution in [0.15, 0.2) is 77.4 Å². The first-order valence-corrected chi connectivity index (χ1v) is 10.3. The summed E-state index contributed by atoms with van der Waals surface area (Å²) in [5.74, 6) is 1.23. The highest BCUT2D eigenvalue weighted by Crippen LogP contribution is 2.35. The van der Waals surface area contributed by atoms with E-state index in [1.807, 2.05) is 84.5 Å². The number of carbonyl (C=O) groups excluding carboxylic acids is 1. The zero-order valence-corrected chi connectivity index (χ0v) is 18.1.